The molecule has 1 aromatic heterocycles. The number of amides is 1. The van der Waals surface area contributed by atoms with Gasteiger partial charge in [-0.3, -0.25) is 9.69 Å². The molecule has 1 aliphatic heterocycles. The van der Waals surface area contributed by atoms with Crippen LogP contribution in [0.2, 0.25) is 0 Å². The highest BCUT2D eigenvalue weighted by molar-refractivity contribution is 6.11. The van der Waals surface area contributed by atoms with E-state index < -0.39 is 0 Å². The summed E-state index contributed by atoms with van der Waals surface area (Å²) in [6.45, 7) is 4.71. The molecule has 0 saturated heterocycles. The third kappa shape index (κ3) is 2.74. The van der Waals surface area contributed by atoms with E-state index in [1.54, 1.807) is 37.0 Å². The number of hydrogen-bond acceptors (Lipinski definition) is 4. The molecule has 134 valence electrons. The van der Waals surface area contributed by atoms with Crippen LogP contribution in [0.3, 0.4) is 0 Å². The molecule has 6 nitrogen and oxygen atoms in total. The van der Waals surface area contributed by atoms with Crippen molar-refractivity contribution in [3.8, 4) is 11.8 Å². The third-order valence-electron chi connectivity index (χ3n) is 4.84. The molecule has 1 amide bonds. The topological polar surface area (TPSA) is 82.2 Å². The monoisotopic (exact) mass is 358 g/mol. The predicted molar refractivity (Wildman–Crippen MR) is 103 cm³/mol. The minimum atomic E-state index is -0.366. The van der Waals surface area contributed by atoms with Gasteiger partial charge in [0.05, 0.1) is 11.0 Å². The second-order valence-electron chi connectivity index (χ2n) is 6.68. The van der Waals surface area contributed by atoms with Gasteiger partial charge in [0.25, 0.3) is 5.91 Å². The first kappa shape index (κ1) is 16.9. The fraction of sp³-hybridized carbons (Fsp3) is 0.190. The number of aryl methyl sites for hydroxylation is 2. The van der Waals surface area contributed by atoms with Crippen LogP contribution in [-0.2, 0) is 11.3 Å². The number of anilines is 1. The fourth-order valence-corrected chi connectivity index (χ4v) is 3.51. The normalized spacial score (nSPS) is 13.7. The highest BCUT2D eigenvalue weighted by atomic mass is 16.3. The van der Waals surface area contributed by atoms with Gasteiger partial charge in [0.15, 0.2) is 0 Å². The van der Waals surface area contributed by atoms with Crippen molar-refractivity contribution < 1.29 is 9.90 Å². The molecule has 3 aromatic rings. The van der Waals surface area contributed by atoms with Crippen LogP contribution in [0.4, 0.5) is 5.95 Å². The van der Waals surface area contributed by atoms with E-state index in [1.807, 2.05) is 34.9 Å². The van der Waals surface area contributed by atoms with Crippen molar-refractivity contribution in [2.24, 2.45) is 0 Å². The van der Waals surface area contributed by atoms with Gasteiger partial charge in [0, 0.05) is 13.1 Å². The standard InChI is InChI=1S/C21H18N4O2/c1-13-9-15(10-14(2)19(13)26)11-16(12-22)20(27)25-8-7-24-18-6-4-3-5-17(18)23-21(24)25/h3-6,9-11,26H,7-8H2,1-2H3/b16-11+. The van der Waals surface area contributed by atoms with Crippen molar-refractivity contribution in [2.75, 3.05) is 11.4 Å². The average molecular weight is 358 g/mol. The maximum absolute atomic E-state index is 13.0. The van der Waals surface area contributed by atoms with Crippen molar-refractivity contribution in [3.05, 3.63) is 58.7 Å². The van der Waals surface area contributed by atoms with Gasteiger partial charge >= 0.3 is 0 Å². The van der Waals surface area contributed by atoms with Gasteiger partial charge in [0.2, 0.25) is 5.95 Å². The Morgan fingerprint density at radius 3 is 2.63 bits per heavy atom. The number of nitrogens with zero attached hydrogens (tertiary/aromatic N) is 4. The van der Waals surface area contributed by atoms with Crippen molar-refractivity contribution in [1.82, 2.24) is 9.55 Å². The zero-order chi connectivity index (χ0) is 19.1. The lowest BCUT2D eigenvalue weighted by Crippen LogP contribution is -2.30. The largest absolute Gasteiger partial charge is 0.507 e. The lowest BCUT2D eigenvalue weighted by molar-refractivity contribution is -0.114. The fourth-order valence-electron chi connectivity index (χ4n) is 3.51. The molecular weight excluding hydrogens is 340 g/mol. The molecule has 0 aliphatic carbocycles. The van der Waals surface area contributed by atoms with E-state index in [9.17, 15) is 15.2 Å². The summed E-state index contributed by atoms with van der Waals surface area (Å²) in [5.41, 5.74) is 3.97. The minimum Gasteiger partial charge on any atom is -0.507 e. The van der Waals surface area contributed by atoms with Gasteiger partial charge in [-0.05, 0) is 60.9 Å². The van der Waals surface area contributed by atoms with E-state index in [0.29, 0.717) is 35.7 Å². The molecule has 0 atom stereocenters. The van der Waals surface area contributed by atoms with E-state index in [-0.39, 0.29) is 17.2 Å². The van der Waals surface area contributed by atoms with Crippen molar-refractivity contribution in [2.45, 2.75) is 20.4 Å². The Kier molecular flexibility index (Phi) is 3.93. The molecule has 4 rings (SSSR count). The Bertz CT molecular complexity index is 1130. The number of fused-ring (bicyclic) bond motifs is 3. The molecule has 2 heterocycles. The second kappa shape index (κ2) is 6.29. The summed E-state index contributed by atoms with van der Waals surface area (Å²) in [5.74, 6) is 0.431. The molecule has 6 heteroatoms. The second-order valence-corrected chi connectivity index (χ2v) is 6.68. The molecule has 1 aliphatic rings. The summed E-state index contributed by atoms with van der Waals surface area (Å²) in [4.78, 5) is 19.1. The first-order valence-corrected chi connectivity index (χ1v) is 8.68. The van der Waals surface area contributed by atoms with Gasteiger partial charge in [-0.15, -0.1) is 0 Å². The smallest absolute Gasteiger partial charge is 0.271 e. The molecule has 0 fully saturated rings. The van der Waals surface area contributed by atoms with Crippen LogP contribution in [0.25, 0.3) is 17.1 Å². The van der Waals surface area contributed by atoms with Crippen LogP contribution in [0.1, 0.15) is 16.7 Å². The summed E-state index contributed by atoms with van der Waals surface area (Å²) in [6, 6.07) is 13.3. The predicted octanol–water partition coefficient (Wildman–Crippen LogP) is 3.31. The quantitative estimate of drug-likeness (QED) is 0.563. The molecule has 0 saturated carbocycles. The van der Waals surface area contributed by atoms with Crippen LogP contribution in [0, 0.1) is 25.2 Å². The molecule has 0 unspecified atom stereocenters. The molecule has 2 aromatic carbocycles. The Morgan fingerprint density at radius 2 is 1.93 bits per heavy atom. The number of phenolic OH excluding ortho intramolecular Hbond substituents is 1. The number of carbonyl (C=O) groups excluding carboxylic acids is 1. The van der Waals surface area contributed by atoms with Gasteiger partial charge < -0.3 is 9.67 Å². The summed E-state index contributed by atoms with van der Waals surface area (Å²) in [7, 11) is 0. The van der Waals surface area contributed by atoms with Crippen LogP contribution < -0.4 is 4.90 Å². The first-order chi connectivity index (χ1) is 13.0. The molecule has 27 heavy (non-hydrogen) atoms. The van der Waals surface area contributed by atoms with E-state index >= 15 is 0 Å². The third-order valence-corrected chi connectivity index (χ3v) is 4.84. The number of benzene rings is 2. The van der Waals surface area contributed by atoms with Gasteiger partial charge in [-0.2, -0.15) is 5.26 Å². The maximum atomic E-state index is 13.0. The molecule has 0 bridgehead atoms. The summed E-state index contributed by atoms with van der Waals surface area (Å²) < 4.78 is 2.00. The number of nitriles is 1. The Morgan fingerprint density at radius 1 is 1.22 bits per heavy atom. The van der Waals surface area contributed by atoms with E-state index in [0.717, 1.165) is 11.0 Å². The maximum Gasteiger partial charge on any atom is 0.271 e. The SMILES string of the molecule is Cc1cc(/C=C(\C#N)C(=O)N2CCn3c2nc2ccccc23)cc(C)c1O. The number of phenols is 1. The van der Waals surface area contributed by atoms with Crippen LogP contribution in [0.5, 0.6) is 5.75 Å². The van der Waals surface area contributed by atoms with Crippen LogP contribution in [-0.4, -0.2) is 27.1 Å². The molecule has 0 spiro atoms. The zero-order valence-electron chi connectivity index (χ0n) is 15.1. The number of aromatic hydroxyl groups is 1. The Balaban J connectivity index is 1.71. The lowest BCUT2D eigenvalue weighted by atomic mass is 10.0. The number of hydrogen-bond donors (Lipinski definition) is 1. The molecule has 1 N–H and O–H groups in total. The van der Waals surface area contributed by atoms with E-state index in [4.69, 9.17) is 0 Å². The highest BCUT2D eigenvalue weighted by Gasteiger charge is 2.30. The molecule has 0 radical (unpaired) electrons. The van der Waals surface area contributed by atoms with E-state index in [1.165, 1.54) is 0 Å². The van der Waals surface area contributed by atoms with Crippen LogP contribution >= 0.6 is 0 Å². The van der Waals surface area contributed by atoms with Crippen molar-refractivity contribution in [3.63, 3.8) is 0 Å². The Labute approximate surface area is 156 Å². The van der Waals surface area contributed by atoms with Gasteiger partial charge in [0.1, 0.15) is 17.4 Å². The number of aromatic nitrogens is 2. The molecular formula is C21H18N4O2. The number of rotatable bonds is 2. The number of carbonyl (C=O) groups is 1. The number of imidazole rings is 1. The van der Waals surface area contributed by atoms with Crippen molar-refractivity contribution >= 4 is 29.0 Å². The van der Waals surface area contributed by atoms with Crippen molar-refractivity contribution in [1.29, 1.82) is 5.26 Å². The average Bonchev–Trinajstić information content (AvgIpc) is 3.22. The number of para-hydroxylation sites is 2. The van der Waals surface area contributed by atoms with Gasteiger partial charge in [-0.1, -0.05) is 12.1 Å². The van der Waals surface area contributed by atoms with E-state index in [2.05, 4.69) is 4.98 Å². The summed E-state index contributed by atoms with van der Waals surface area (Å²) >= 11 is 0. The highest BCUT2D eigenvalue weighted by Crippen LogP contribution is 2.29. The zero-order valence-corrected chi connectivity index (χ0v) is 15.1. The summed E-state index contributed by atoms with van der Waals surface area (Å²) in [6.07, 6.45) is 1.56. The van der Waals surface area contributed by atoms with Crippen LogP contribution in [0.15, 0.2) is 42.0 Å². The first-order valence-electron chi connectivity index (χ1n) is 8.68. The van der Waals surface area contributed by atoms with Gasteiger partial charge in [-0.25, -0.2) is 4.98 Å². The minimum absolute atomic E-state index is 0.0417. The summed E-state index contributed by atoms with van der Waals surface area (Å²) in [5, 5.41) is 19.5. The Hall–Kier alpha value is -3.59. The lowest BCUT2D eigenvalue weighted by Gasteiger charge is -2.13.